The molecule has 0 spiro atoms. The van der Waals surface area contributed by atoms with Gasteiger partial charge in [0.2, 0.25) is 0 Å². The molecule has 3 fully saturated rings. The van der Waals surface area contributed by atoms with E-state index in [2.05, 4.69) is 4.98 Å². The van der Waals surface area contributed by atoms with Crippen molar-refractivity contribution in [3.63, 3.8) is 0 Å². The predicted molar refractivity (Wildman–Crippen MR) is 88.5 cm³/mol. The number of ether oxygens (including phenoxy) is 2. The van der Waals surface area contributed by atoms with Crippen LogP contribution < -0.4 is 0 Å². The number of nitrogens with zero attached hydrogens (tertiary/aromatic N) is 3. The van der Waals surface area contributed by atoms with Gasteiger partial charge in [0.1, 0.15) is 6.10 Å². The summed E-state index contributed by atoms with van der Waals surface area (Å²) in [6.45, 7) is 3.58. The van der Waals surface area contributed by atoms with Gasteiger partial charge in [0.15, 0.2) is 0 Å². The number of aromatic nitrogens is 1. The number of pyridine rings is 1. The Kier molecular flexibility index (Phi) is 4.67. The van der Waals surface area contributed by atoms with Crippen LogP contribution in [0.5, 0.6) is 0 Å². The first kappa shape index (κ1) is 15.8. The van der Waals surface area contributed by atoms with Gasteiger partial charge in [-0.1, -0.05) is 0 Å². The van der Waals surface area contributed by atoms with Gasteiger partial charge in [-0.3, -0.25) is 4.98 Å². The number of amides is 2. The van der Waals surface area contributed by atoms with E-state index in [9.17, 15) is 4.79 Å². The maximum absolute atomic E-state index is 12.9. The molecule has 2 amide bonds. The molecule has 0 unspecified atom stereocenters. The highest BCUT2D eigenvalue weighted by atomic mass is 16.5. The van der Waals surface area contributed by atoms with Crippen molar-refractivity contribution in [2.24, 2.45) is 0 Å². The second-order valence-electron chi connectivity index (χ2n) is 6.86. The van der Waals surface area contributed by atoms with Gasteiger partial charge in [0.25, 0.3) is 0 Å². The van der Waals surface area contributed by atoms with Crippen LogP contribution in [0.4, 0.5) is 4.79 Å². The van der Waals surface area contributed by atoms with Gasteiger partial charge in [-0.25, -0.2) is 4.79 Å². The third kappa shape index (κ3) is 3.13. The molecule has 0 aromatic carbocycles. The van der Waals surface area contributed by atoms with Crippen molar-refractivity contribution >= 4 is 6.03 Å². The molecule has 2 bridgehead atoms. The van der Waals surface area contributed by atoms with E-state index in [-0.39, 0.29) is 24.3 Å². The van der Waals surface area contributed by atoms with Crippen molar-refractivity contribution in [2.45, 2.75) is 50.5 Å². The summed E-state index contributed by atoms with van der Waals surface area (Å²) in [5.41, 5.74) is 1.10. The number of urea groups is 1. The van der Waals surface area contributed by atoms with E-state index < -0.39 is 0 Å². The fraction of sp³-hybridized carbons (Fsp3) is 0.667. The Morgan fingerprint density at radius 3 is 2.79 bits per heavy atom. The van der Waals surface area contributed by atoms with Crippen LogP contribution in [0, 0.1) is 0 Å². The zero-order valence-electron chi connectivity index (χ0n) is 14.0. The van der Waals surface area contributed by atoms with Crippen LogP contribution in [0.3, 0.4) is 0 Å². The largest absolute Gasteiger partial charge is 0.374 e. The lowest BCUT2D eigenvalue weighted by molar-refractivity contribution is -0.0596. The van der Waals surface area contributed by atoms with E-state index in [0.29, 0.717) is 19.8 Å². The molecule has 2 saturated heterocycles. The van der Waals surface area contributed by atoms with Crippen molar-refractivity contribution in [3.05, 3.63) is 30.1 Å². The number of carbonyl (C=O) groups excluding carboxylic acids is 1. The highest BCUT2D eigenvalue weighted by Gasteiger charge is 2.45. The molecule has 4 rings (SSSR count). The predicted octanol–water partition coefficient (Wildman–Crippen LogP) is 2.05. The van der Waals surface area contributed by atoms with E-state index in [0.717, 1.165) is 44.3 Å². The molecule has 24 heavy (non-hydrogen) atoms. The summed E-state index contributed by atoms with van der Waals surface area (Å²) in [6, 6.07) is 4.23. The molecule has 1 aromatic heterocycles. The Bertz CT molecular complexity index is 562. The Balaban J connectivity index is 1.46. The minimum Gasteiger partial charge on any atom is -0.374 e. The number of rotatable bonds is 3. The van der Waals surface area contributed by atoms with Crippen molar-refractivity contribution < 1.29 is 14.3 Å². The van der Waals surface area contributed by atoms with Crippen LogP contribution in [-0.4, -0.2) is 65.3 Å². The number of carbonyl (C=O) groups is 1. The fourth-order valence-corrected chi connectivity index (χ4v) is 4.11. The third-order valence-electron chi connectivity index (χ3n) is 5.37. The quantitative estimate of drug-likeness (QED) is 0.851. The Hall–Kier alpha value is -1.66. The zero-order valence-corrected chi connectivity index (χ0v) is 14.0. The SMILES string of the molecule is O=C(N1CCCC1)N1CCO[C@H]2CC[C@H]1[C@@H]2OCc1ccncc1. The maximum Gasteiger partial charge on any atom is 0.320 e. The lowest BCUT2D eigenvalue weighted by Gasteiger charge is -2.34. The second-order valence-corrected chi connectivity index (χ2v) is 6.86. The monoisotopic (exact) mass is 331 g/mol. The molecular formula is C18H25N3O3. The van der Waals surface area contributed by atoms with Gasteiger partial charge in [-0.05, 0) is 43.4 Å². The fourth-order valence-electron chi connectivity index (χ4n) is 4.11. The van der Waals surface area contributed by atoms with Crippen LogP contribution in [0.15, 0.2) is 24.5 Å². The molecular weight excluding hydrogens is 306 g/mol. The molecule has 1 aliphatic carbocycles. The van der Waals surface area contributed by atoms with Gasteiger partial charge in [-0.15, -0.1) is 0 Å². The average Bonchev–Trinajstić information content (AvgIpc) is 3.22. The Labute approximate surface area is 142 Å². The molecule has 3 aliphatic rings. The zero-order chi connectivity index (χ0) is 16.4. The lowest BCUT2D eigenvalue weighted by atomic mass is 10.1. The molecule has 6 heteroatoms. The van der Waals surface area contributed by atoms with Crippen molar-refractivity contribution in [3.8, 4) is 0 Å². The van der Waals surface area contributed by atoms with Crippen LogP contribution in [-0.2, 0) is 16.1 Å². The normalized spacial score (nSPS) is 29.8. The molecule has 6 nitrogen and oxygen atoms in total. The molecule has 3 heterocycles. The van der Waals surface area contributed by atoms with Crippen LogP contribution in [0.1, 0.15) is 31.2 Å². The summed E-state index contributed by atoms with van der Waals surface area (Å²) < 4.78 is 12.2. The summed E-state index contributed by atoms with van der Waals surface area (Å²) in [6.07, 6.45) is 7.79. The number of hydrogen-bond acceptors (Lipinski definition) is 4. The van der Waals surface area contributed by atoms with Crippen LogP contribution in [0.2, 0.25) is 0 Å². The lowest BCUT2D eigenvalue weighted by Crippen LogP contribution is -2.51. The third-order valence-corrected chi connectivity index (χ3v) is 5.37. The standard InChI is InChI=1S/C18H25N3O3/c22-18(20-9-1-2-10-20)21-11-12-23-16-4-3-15(21)17(16)24-13-14-5-7-19-8-6-14/h5-8,15-17H,1-4,9-13H2/t15-,16-,17-/m0/s1. The summed E-state index contributed by atoms with van der Waals surface area (Å²) in [5, 5.41) is 0. The molecule has 0 N–H and O–H groups in total. The van der Waals surface area contributed by atoms with Crippen molar-refractivity contribution in [1.29, 1.82) is 0 Å². The van der Waals surface area contributed by atoms with Gasteiger partial charge in [0.05, 0.1) is 25.4 Å². The summed E-state index contributed by atoms with van der Waals surface area (Å²) in [5.74, 6) is 0. The molecule has 3 atom stereocenters. The highest BCUT2D eigenvalue weighted by Crippen LogP contribution is 2.33. The van der Waals surface area contributed by atoms with E-state index in [4.69, 9.17) is 9.47 Å². The Morgan fingerprint density at radius 2 is 2.00 bits per heavy atom. The van der Waals surface area contributed by atoms with Crippen LogP contribution in [0.25, 0.3) is 0 Å². The van der Waals surface area contributed by atoms with E-state index in [1.807, 2.05) is 21.9 Å². The number of likely N-dealkylation sites (tertiary alicyclic amines) is 1. The van der Waals surface area contributed by atoms with Crippen molar-refractivity contribution in [2.75, 3.05) is 26.2 Å². The summed E-state index contributed by atoms with van der Waals surface area (Å²) in [7, 11) is 0. The molecule has 0 radical (unpaired) electrons. The van der Waals surface area contributed by atoms with Gasteiger partial charge >= 0.3 is 6.03 Å². The highest BCUT2D eigenvalue weighted by molar-refractivity contribution is 5.75. The van der Waals surface area contributed by atoms with Gasteiger partial charge in [-0.2, -0.15) is 0 Å². The minimum absolute atomic E-state index is 0.0350. The van der Waals surface area contributed by atoms with Gasteiger partial charge in [0, 0.05) is 32.0 Å². The van der Waals surface area contributed by atoms with E-state index in [1.165, 1.54) is 0 Å². The topological polar surface area (TPSA) is 54.9 Å². The first-order chi connectivity index (χ1) is 11.8. The molecule has 1 aromatic rings. The average molecular weight is 331 g/mol. The number of hydrogen-bond donors (Lipinski definition) is 0. The molecule has 130 valence electrons. The molecule has 2 aliphatic heterocycles. The Morgan fingerprint density at radius 1 is 1.21 bits per heavy atom. The van der Waals surface area contributed by atoms with E-state index in [1.54, 1.807) is 12.4 Å². The maximum atomic E-state index is 12.9. The smallest absolute Gasteiger partial charge is 0.320 e. The minimum atomic E-state index is -0.0350. The summed E-state index contributed by atoms with van der Waals surface area (Å²) >= 11 is 0. The van der Waals surface area contributed by atoms with Crippen LogP contribution >= 0.6 is 0 Å². The first-order valence-corrected chi connectivity index (χ1v) is 9.00. The van der Waals surface area contributed by atoms with E-state index >= 15 is 0 Å². The summed E-state index contributed by atoms with van der Waals surface area (Å²) in [4.78, 5) is 20.9. The van der Waals surface area contributed by atoms with Crippen molar-refractivity contribution in [1.82, 2.24) is 14.8 Å². The second kappa shape index (κ2) is 7.07. The number of fused-ring (bicyclic) bond motifs is 2. The van der Waals surface area contributed by atoms with Gasteiger partial charge < -0.3 is 19.3 Å². The molecule has 1 saturated carbocycles. The first-order valence-electron chi connectivity index (χ1n) is 9.00.